The molecule has 35 heavy (non-hydrogen) atoms. The number of rotatable bonds is 11. The van der Waals surface area contributed by atoms with Crippen LogP contribution in [0, 0.1) is 5.92 Å². The molecule has 3 aromatic rings. The Hall–Kier alpha value is -2.90. The van der Waals surface area contributed by atoms with Crippen LogP contribution >= 0.6 is 0 Å². The molecule has 1 aromatic heterocycles. The van der Waals surface area contributed by atoms with E-state index in [-0.39, 0.29) is 0 Å². The number of hydrogen-bond donors (Lipinski definition) is 2. The van der Waals surface area contributed by atoms with Gasteiger partial charge in [-0.15, -0.1) is 0 Å². The number of aryl methyl sites for hydroxylation is 1. The SMILES string of the molecule is COc1cc(OC)cc(N(CCNC(C)C)c2ccc3ncc(CCC4CCNCC4)nc3c2)c1. The molecule has 2 N–H and O–H groups in total. The molecule has 1 aliphatic rings. The van der Waals surface area contributed by atoms with Crippen molar-refractivity contribution in [2.24, 2.45) is 5.92 Å². The molecule has 7 nitrogen and oxygen atoms in total. The predicted molar refractivity (Wildman–Crippen MR) is 143 cm³/mol. The van der Waals surface area contributed by atoms with E-state index in [9.17, 15) is 0 Å². The summed E-state index contributed by atoms with van der Waals surface area (Å²) in [5.74, 6) is 2.32. The van der Waals surface area contributed by atoms with Gasteiger partial charge in [0.05, 0.1) is 30.9 Å². The van der Waals surface area contributed by atoms with Crippen LogP contribution in [0.2, 0.25) is 0 Å². The van der Waals surface area contributed by atoms with Gasteiger partial charge in [-0.2, -0.15) is 0 Å². The van der Waals surface area contributed by atoms with Crippen LogP contribution in [0.4, 0.5) is 11.4 Å². The highest BCUT2D eigenvalue weighted by molar-refractivity contribution is 5.81. The third-order valence-electron chi connectivity index (χ3n) is 6.69. The molecule has 0 bridgehead atoms. The lowest BCUT2D eigenvalue weighted by atomic mass is 9.92. The lowest BCUT2D eigenvalue weighted by Gasteiger charge is -2.27. The maximum Gasteiger partial charge on any atom is 0.124 e. The quantitative estimate of drug-likeness (QED) is 0.414. The highest BCUT2D eigenvalue weighted by atomic mass is 16.5. The van der Waals surface area contributed by atoms with Gasteiger partial charge in [0.1, 0.15) is 11.5 Å². The van der Waals surface area contributed by atoms with Crippen LogP contribution in [0.15, 0.2) is 42.6 Å². The Labute approximate surface area is 209 Å². The minimum Gasteiger partial charge on any atom is -0.497 e. The molecule has 4 rings (SSSR count). The van der Waals surface area contributed by atoms with Gasteiger partial charge in [-0.05, 0) is 62.9 Å². The van der Waals surface area contributed by atoms with Crippen molar-refractivity contribution in [3.63, 3.8) is 0 Å². The van der Waals surface area contributed by atoms with Gasteiger partial charge in [-0.25, -0.2) is 4.98 Å². The van der Waals surface area contributed by atoms with Gasteiger partial charge >= 0.3 is 0 Å². The number of benzene rings is 2. The predicted octanol–water partition coefficient (Wildman–Crippen LogP) is 4.72. The first-order valence-corrected chi connectivity index (χ1v) is 12.8. The van der Waals surface area contributed by atoms with Crippen molar-refractivity contribution in [2.45, 2.75) is 45.6 Å². The van der Waals surface area contributed by atoms with Gasteiger partial charge in [0.25, 0.3) is 0 Å². The number of hydrogen-bond acceptors (Lipinski definition) is 7. The van der Waals surface area contributed by atoms with Crippen LogP contribution in [0.1, 0.15) is 38.8 Å². The van der Waals surface area contributed by atoms with Gasteiger partial charge < -0.3 is 25.0 Å². The average molecular weight is 478 g/mol. The number of fused-ring (bicyclic) bond motifs is 1. The zero-order chi connectivity index (χ0) is 24.6. The summed E-state index contributed by atoms with van der Waals surface area (Å²) in [5, 5.41) is 6.98. The van der Waals surface area contributed by atoms with Crippen LogP contribution in [-0.4, -0.2) is 56.4 Å². The molecule has 7 heteroatoms. The Morgan fingerprint density at radius 2 is 1.74 bits per heavy atom. The highest BCUT2D eigenvalue weighted by Gasteiger charge is 2.16. The Bertz CT molecular complexity index is 1080. The summed E-state index contributed by atoms with van der Waals surface area (Å²) in [6, 6.07) is 12.7. The molecule has 188 valence electrons. The molecule has 2 heterocycles. The van der Waals surface area contributed by atoms with Crippen molar-refractivity contribution in [1.29, 1.82) is 0 Å². The maximum absolute atomic E-state index is 5.54. The number of ether oxygens (including phenoxy) is 2. The fraction of sp³-hybridized carbons (Fsp3) is 0.500. The zero-order valence-corrected chi connectivity index (χ0v) is 21.5. The molecule has 0 atom stereocenters. The molecule has 0 spiro atoms. The van der Waals surface area contributed by atoms with Crippen molar-refractivity contribution in [3.05, 3.63) is 48.3 Å². The first-order chi connectivity index (χ1) is 17.1. The number of nitrogens with one attached hydrogen (secondary N) is 2. The standard InChI is InChI=1S/C28H39N5O2/c1-20(2)30-13-14-33(24-15-25(34-3)18-26(16-24)35-4)23-7-8-27-28(17-23)32-22(19-31-27)6-5-21-9-11-29-12-10-21/h7-8,15-21,29-30H,5-6,9-14H2,1-4H3. The Morgan fingerprint density at radius 1 is 1.00 bits per heavy atom. The molecule has 1 fully saturated rings. The largest absolute Gasteiger partial charge is 0.497 e. The van der Waals surface area contributed by atoms with E-state index < -0.39 is 0 Å². The molecule has 1 aliphatic heterocycles. The van der Waals surface area contributed by atoms with Crippen molar-refractivity contribution >= 4 is 22.4 Å². The van der Waals surface area contributed by atoms with Gasteiger partial charge in [0.15, 0.2) is 0 Å². The molecule has 0 saturated carbocycles. The Kier molecular flexibility index (Phi) is 8.77. The van der Waals surface area contributed by atoms with E-state index in [0.29, 0.717) is 6.04 Å². The third-order valence-corrected chi connectivity index (χ3v) is 6.69. The van der Waals surface area contributed by atoms with Crippen molar-refractivity contribution in [2.75, 3.05) is 45.3 Å². The second-order valence-corrected chi connectivity index (χ2v) is 9.60. The van der Waals surface area contributed by atoms with Crippen molar-refractivity contribution in [3.8, 4) is 11.5 Å². The normalized spacial score (nSPS) is 14.4. The lowest BCUT2D eigenvalue weighted by Crippen LogP contribution is -2.32. The molecular weight excluding hydrogens is 438 g/mol. The van der Waals surface area contributed by atoms with E-state index in [0.717, 1.165) is 78.1 Å². The topological polar surface area (TPSA) is 71.5 Å². The first-order valence-electron chi connectivity index (χ1n) is 12.8. The summed E-state index contributed by atoms with van der Waals surface area (Å²) in [6.07, 6.45) is 6.62. The number of aromatic nitrogens is 2. The van der Waals surface area contributed by atoms with E-state index in [1.165, 1.54) is 19.3 Å². The van der Waals surface area contributed by atoms with E-state index in [4.69, 9.17) is 19.4 Å². The minimum atomic E-state index is 0.418. The molecule has 1 saturated heterocycles. The maximum atomic E-state index is 5.54. The van der Waals surface area contributed by atoms with E-state index in [1.54, 1.807) is 14.2 Å². The summed E-state index contributed by atoms with van der Waals surface area (Å²) in [4.78, 5) is 12.0. The molecular formula is C28H39N5O2. The van der Waals surface area contributed by atoms with Crippen LogP contribution in [0.5, 0.6) is 11.5 Å². The molecule has 0 amide bonds. The average Bonchev–Trinajstić information content (AvgIpc) is 2.89. The summed E-state index contributed by atoms with van der Waals surface area (Å²) in [7, 11) is 3.36. The second-order valence-electron chi connectivity index (χ2n) is 9.60. The number of nitrogens with zero attached hydrogens (tertiary/aromatic N) is 3. The summed E-state index contributed by atoms with van der Waals surface area (Å²) < 4.78 is 11.1. The first kappa shape index (κ1) is 25.2. The molecule has 2 aromatic carbocycles. The van der Waals surface area contributed by atoms with Crippen LogP contribution in [-0.2, 0) is 6.42 Å². The van der Waals surface area contributed by atoms with Crippen LogP contribution in [0.25, 0.3) is 11.0 Å². The molecule has 0 unspecified atom stereocenters. The number of anilines is 2. The van der Waals surface area contributed by atoms with Crippen LogP contribution in [0.3, 0.4) is 0 Å². The van der Waals surface area contributed by atoms with Crippen LogP contribution < -0.4 is 25.0 Å². The van der Waals surface area contributed by atoms with Gasteiger partial charge in [-0.3, -0.25) is 4.98 Å². The highest BCUT2D eigenvalue weighted by Crippen LogP contribution is 2.33. The Balaban J connectivity index is 1.61. The number of piperidine rings is 1. The van der Waals surface area contributed by atoms with Crippen molar-refractivity contribution in [1.82, 2.24) is 20.6 Å². The summed E-state index contributed by atoms with van der Waals surface area (Å²) in [5.41, 5.74) is 5.01. The smallest absolute Gasteiger partial charge is 0.124 e. The van der Waals surface area contributed by atoms with Gasteiger partial charge in [0.2, 0.25) is 0 Å². The number of methoxy groups -OCH3 is 2. The van der Waals surface area contributed by atoms with E-state index in [2.05, 4.69) is 47.6 Å². The summed E-state index contributed by atoms with van der Waals surface area (Å²) in [6.45, 7) is 8.23. The monoisotopic (exact) mass is 477 g/mol. The minimum absolute atomic E-state index is 0.418. The molecule has 0 radical (unpaired) electrons. The fourth-order valence-electron chi connectivity index (χ4n) is 4.67. The lowest BCUT2D eigenvalue weighted by molar-refractivity contribution is 0.353. The fourth-order valence-corrected chi connectivity index (χ4v) is 4.67. The third kappa shape index (κ3) is 6.83. The van der Waals surface area contributed by atoms with E-state index in [1.807, 2.05) is 24.4 Å². The molecule has 0 aliphatic carbocycles. The second kappa shape index (κ2) is 12.2. The zero-order valence-electron chi connectivity index (χ0n) is 21.5. The van der Waals surface area contributed by atoms with Crippen molar-refractivity contribution < 1.29 is 9.47 Å². The Morgan fingerprint density at radius 3 is 2.43 bits per heavy atom. The van der Waals surface area contributed by atoms with Gasteiger partial charge in [-0.1, -0.05) is 13.8 Å². The van der Waals surface area contributed by atoms with Gasteiger partial charge in [0, 0.05) is 54.9 Å². The van der Waals surface area contributed by atoms with E-state index >= 15 is 0 Å². The summed E-state index contributed by atoms with van der Waals surface area (Å²) >= 11 is 0.